The van der Waals surface area contributed by atoms with Crippen LogP contribution in [0.1, 0.15) is 59.3 Å². The molecule has 0 N–H and O–H groups in total. The minimum atomic E-state index is -0.0740. The molecule has 0 atom stereocenters. The molecular weight excluding hydrogens is 246 g/mol. The fourth-order valence-corrected chi connectivity index (χ4v) is 3.56. The molecule has 0 aromatic rings. The Balaban J connectivity index is 2.79. The third-order valence-corrected chi connectivity index (χ3v) is 4.12. The molecule has 106 valence electrons. The second-order valence-electron chi connectivity index (χ2n) is 6.07. The highest BCUT2D eigenvalue weighted by Crippen LogP contribution is 2.44. The number of halogens is 1. The van der Waals surface area contributed by atoms with E-state index >= 15 is 0 Å². The molecule has 1 rings (SSSR count). The summed E-state index contributed by atoms with van der Waals surface area (Å²) in [5.74, 6) is 1.51. The monoisotopic (exact) mass is 273 g/mol. The van der Waals surface area contributed by atoms with E-state index in [2.05, 4.69) is 20.8 Å². The van der Waals surface area contributed by atoms with Gasteiger partial charge in [0.25, 0.3) is 0 Å². The number of alkyl halides is 1. The summed E-state index contributed by atoms with van der Waals surface area (Å²) >= 11 is 5.84. The van der Waals surface area contributed by atoms with Crippen molar-refractivity contribution in [3.8, 4) is 0 Å². The van der Waals surface area contributed by atoms with Gasteiger partial charge in [0.05, 0.1) is 0 Å². The molecule has 1 amide bonds. The molecule has 0 spiro atoms. The molecule has 0 aromatic carbocycles. The van der Waals surface area contributed by atoms with Gasteiger partial charge in [-0.15, -0.1) is 11.6 Å². The minimum Gasteiger partial charge on any atom is -0.341 e. The van der Waals surface area contributed by atoms with E-state index in [0.29, 0.717) is 24.2 Å². The van der Waals surface area contributed by atoms with Gasteiger partial charge in [0, 0.05) is 24.4 Å². The lowest BCUT2D eigenvalue weighted by Gasteiger charge is -2.35. The van der Waals surface area contributed by atoms with Crippen LogP contribution in [0.2, 0.25) is 0 Å². The first-order valence-electron chi connectivity index (χ1n) is 7.41. The highest BCUT2D eigenvalue weighted by molar-refractivity contribution is 6.18. The number of nitrogens with zero attached hydrogens (tertiary/aromatic N) is 1. The van der Waals surface area contributed by atoms with Gasteiger partial charge in [-0.1, -0.05) is 33.6 Å². The molecule has 0 unspecified atom stereocenters. The van der Waals surface area contributed by atoms with Crippen LogP contribution >= 0.6 is 11.6 Å². The largest absolute Gasteiger partial charge is 0.341 e. The first kappa shape index (κ1) is 15.8. The van der Waals surface area contributed by atoms with Crippen molar-refractivity contribution < 1.29 is 4.79 Å². The number of hydrogen-bond acceptors (Lipinski definition) is 1. The van der Waals surface area contributed by atoms with E-state index in [1.165, 1.54) is 12.8 Å². The molecule has 3 heteroatoms. The molecule has 1 aliphatic carbocycles. The fraction of sp³-hybridized carbons (Fsp3) is 0.933. The zero-order valence-corrected chi connectivity index (χ0v) is 12.9. The summed E-state index contributed by atoms with van der Waals surface area (Å²) in [7, 11) is 0. The summed E-state index contributed by atoms with van der Waals surface area (Å²) in [6, 6.07) is 0. The zero-order valence-electron chi connectivity index (χ0n) is 12.2. The predicted octanol–water partition coefficient (Wildman–Crippen LogP) is 4.07. The van der Waals surface area contributed by atoms with E-state index in [9.17, 15) is 4.79 Å². The standard InChI is InChI=1S/C15H28ClNO/c1-4-10-17(11-9-16)14(18)15(12-13(2)3)7-5-6-8-15/h13H,4-12H2,1-3H3. The van der Waals surface area contributed by atoms with Crippen LogP contribution in [-0.4, -0.2) is 29.8 Å². The summed E-state index contributed by atoms with van der Waals surface area (Å²) in [4.78, 5) is 14.9. The van der Waals surface area contributed by atoms with Gasteiger partial charge in [-0.3, -0.25) is 4.79 Å². The molecule has 18 heavy (non-hydrogen) atoms. The molecule has 0 heterocycles. The van der Waals surface area contributed by atoms with E-state index in [0.717, 1.165) is 32.2 Å². The van der Waals surface area contributed by atoms with Crippen molar-refractivity contribution in [1.29, 1.82) is 0 Å². The molecule has 1 fully saturated rings. The Bertz CT molecular complexity index is 253. The van der Waals surface area contributed by atoms with Crippen LogP contribution in [0.15, 0.2) is 0 Å². The fourth-order valence-electron chi connectivity index (χ4n) is 3.36. The zero-order chi connectivity index (χ0) is 13.6. The Labute approximate surface area is 117 Å². The van der Waals surface area contributed by atoms with Crippen LogP contribution < -0.4 is 0 Å². The smallest absolute Gasteiger partial charge is 0.228 e. The molecule has 0 bridgehead atoms. The van der Waals surface area contributed by atoms with Gasteiger partial charge in [-0.05, 0) is 31.6 Å². The Kier molecular flexibility index (Phi) is 6.48. The first-order valence-corrected chi connectivity index (χ1v) is 7.94. The molecule has 0 radical (unpaired) electrons. The highest BCUT2D eigenvalue weighted by atomic mass is 35.5. The van der Waals surface area contributed by atoms with Crippen LogP contribution in [0, 0.1) is 11.3 Å². The van der Waals surface area contributed by atoms with Crippen molar-refractivity contribution in [3.63, 3.8) is 0 Å². The second-order valence-corrected chi connectivity index (χ2v) is 6.44. The van der Waals surface area contributed by atoms with Crippen molar-refractivity contribution in [2.24, 2.45) is 11.3 Å². The second kappa shape index (κ2) is 7.37. The molecule has 0 aliphatic heterocycles. The number of rotatable bonds is 7. The molecule has 1 aliphatic rings. The van der Waals surface area contributed by atoms with Gasteiger partial charge >= 0.3 is 0 Å². The Morgan fingerprint density at radius 2 is 1.89 bits per heavy atom. The van der Waals surface area contributed by atoms with E-state index in [1.54, 1.807) is 0 Å². The van der Waals surface area contributed by atoms with Crippen LogP contribution in [0.3, 0.4) is 0 Å². The van der Waals surface area contributed by atoms with Crippen LogP contribution in [0.4, 0.5) is 0 Å². The van der Waals surface area contributed by atoms with E-state index in [-0.39, 0.29) is 5.41 Å². The summed E-state index contributed by atoms with van der Waals surface area (Å²) in [6.45, 7) is 8.12. The average Bonchev–Trinajstić information content (AvgIpc) is 2.76. The van der Waals surface area contributed by atoms with Crippen molar-refractivity contribution in [1.82, 2.24) is 4.90 Å². The van der Waals surface area contributed by atoms with E-state index in [4.69, 9.17) is 11.6 Å². The minimum absolute atomic E-state index is 0.0740. The van der Waals surface area contributed by atoms with Crippen LogP contribution in [0.25, 0.3) is 0 Å². The Hall–Kier alpha value is -0.240. The molecule has 0 saturated heterocycles. The lowest BCUT2D eigenvalue weighted by Crippen LogP contribution is -2.44. The lowest BCUT2D eigenvalue weighted by molar-refractivity contribution is -0.142. The predicted molar refractivity (Wildman–Crippen MR) is 77.9 cm³/mol. The third kappa shape index (κ3) is 3.88. The van der Waals surface area contributed by atoms with Crippen molar-refractivity contribution in [2.75, 3.05) is 19.0 Å². The Morgan fingerprint density at radius 3 is 2.33 bits per heavy atom. The topological polar surface area (TPSA) is 20.3 Å². The maximum Gasteiger partial charge on any atom is 0.228 e. The van der Waals surface area contributed by atoms with Crippen molar-refractivity contribution in [3.05, 3.63) is 0 Å². The van der Waals surface area contributed by atoms with Crippen molar-refractivity contribution in [2.45, 2.75) is 59.3 Å². The van der Waals surface area contributed by atoms with Gasteiger partial charge in [0.15, 0.2) is 0 Å². The van der Waals surface area contributed by atoms with Gasteiger partial charge in [0.2, 0.25) is 5.91 Å². The third-order valence-electron chi connectivity index (χ3n) is 3.95. The summed E-state index contributed by atoms with van der Waals surface area (Å²) in [5, 5.41) is 0. The van der Waals surface area contributed by atoms with E-state index in [1.807, 2.05) is 4.90 Å². The van der Waals surface area contributed by atoms with E-state index < -0.39 is 0 Å². The first-order chi connectivity index (χ1) is 8.55. The summed E-state index contributed by atoms with van der Waals surface area (Å²) in [5.41, 5.74) is -0.0740. The van der Waals surface area contributed by atoms with Gasteiger partial charge < -0.3 is 4.90 Å². The normalized spacial score (nSPS) is 18.3. The summed E-state index contributed by atoms with van der Waals surface area (Å²) in [6.07, 6.45) is 6.62. The average molecular weight is 274 g/mol. The Morgan fingerprint density at radius 1 is 1.28 bits per heavy atom. The highest BCUT2D eigenvalue weighted by Gasteiger charge is 2.43. The van der Waals surface area contributed by atoms with Gasteiger partial charge in [-0.25, -0.2) is 0 Å². The quantitative estimate of drug-likeness (QED) is 0.641. The number of amides is 1. The molecule has 0 aromatic heterocycles. The summed E-state index contributed by atoms with van der Waals surface area (Å²) < 4.78 is 0. The maximum absolute atomic E-state index is 12.9. The van der Waals surface area contributed by atoms with Crippen LogP contribution in [-0.2, 0) is 4.79 Å². The van der Waals surface area contributed by atoms with Crippen LogP contribution in [0.5, 0.6) is 0 Å². The molecular formula is C15H28ClNO. The number of carbonyl (C=O) groups is 1. The molecule has 2 nitrogen and oxygen atoms in total. The molecule has 1 saturated carbocycles. The lowest BCUT2D eigenvalue weighted by atomic mass is 9.77. The SMILES string of the molecule is CCCN(CCCl)C(=O)C1(CC(C)C)CCCC1. The van der Waals surface area contributed by atoms with Gasteiger partial charge in [0.1, 0.15) is 0 Å². The maximum atomic E-state index is 12.9. The van der Waals surface area contributed by atoms with Gasteiger partial charge in [-0.2, -0.15) is 0 Å². The number of carbonyl (C=O) groups excluding carboxylic acids is 1. The number of hydrogen-bond donors (Lipinski definition) is 0. The van der Waals surface area contributed by atoms with Crippen molar-refractivity contribution >= 4 is 17.5 Å².